The summed E-state index contributed by atoms with van der Waals surface area (Å²) >= 11 is 0. The molecule has 1 heterocycles. The van der Waals surface area contributed by atoms with Gasteiger partial charge in [-0.05, 0) is 13.0 Å². The van der Waals surface area contributed by atoms with Crippen molar-refractivity contribution < 1.29 is 9.53 Å². The minimum absolute atomic E-state index is 0.0244. The maximum Gasteiger partial charge on any atom is 0.331 e. The van der Waals surface area contributed by atoms with Crippen LogP contribution in [0.5, 0.6) is 0 Å². The molecule has 1 unspecified atom stereocenters. The second-order valence-corrected chi connectivity index (χ2v) is 2.14. The van der Waals surface area contributed by atoms with Crippen LogP contribution in [0.4, 0.5) is 0 Å². The Balaban J connectivity index is 2.33. The van der Waals surface area contributed by atoms with E-state index in [1.807, 2.05) is 19.1 Å². The molecule has 1 aliphatic rings. The summed E-state index contributed by atoms with van der Waals surface area (Å²) in [5, 5.41) is 0. The van der Waals surface area contributed by atoms with E-state index in [2.05, 4.69) is 0 Å². The summed E-state index contributed by atoms with van der Waals surface area (Å²) in [6, 6.07) is 0. The van der Waals surface area contributed by atoms with Crippen LogP contribution in [0, 0.1) is 0 Å². The highest BCUT2D eigenvalue weighted by Gasteiger charge is 2.13. The Morgan fingerprint density at radius 1 is 1.80 bits per heavy atom. The molecule has 0 aliphatic carbocycles. The van der Waals surface area contributed by atoms with Gasteiger partial charge in [0.25, 0.3) is 0 Å². The average Bonchev–Trinajstić information content (AvgIpc) is 2.31. The number of cyclic esters (lactones) is 1. The van der Waals surface area contributed by atoms with Crippen LogP contribution in [0.1, 0.15) is 13.3 Å². The summed E-state index contributed by atoms with van der Waals surface area (Å²) in [5.41, 5.74) is 0. The van der Waals surface area contributed by atoms with Crippen molar-refractivity contribution in [1.29, 1.82) is 0 Å². The maximum absolute atomic E-state index is 10.5. The molecule has 0 fully saturated rings. The molecule has 54 valence electrons. The van der Waals surface area contributed by atoms with Crippen molar-refractivity contribution in [1.82, 2.24) is 0 Å². The second kappa shape index (κ2) is 3.20. The summed E-state index contributed by atoms with van der Waals surface area (Å²) < 4.78 is 4.86. The molecule has 1 atom stereocenters. The van der Waals surface area contributed by atoms with Crippen molar-refractivity contribution in [2.45, 2.75) is 19.4 Å². The van der Waals surface area contributed by atoms with Crippen molar-refractivity contribution in [2.75, 3.05) is 0 Å². The van der Waals surface area contributed by atoms with E-state index in [9.17, 15) is 4.79 Å². The first-order valence-electron chi connectivity index (χ1n) is 3.33. The number of allylic oxidation sites excluding steroid dienone is 1. The molecule has 1 rings (SSSR count). The summed E-state index contributed by atoms with van der Waals surface area (Å²) in [6.07, 6.45) is 7.94. The van der Waals surface area contributed by atoms with Gasteiger partial charge in [0.15, 0.2) is 0 Å². The highest BCUT2D eigenvalue weighted by molar-refractivity contribution is 5.84. The fraction of sp³-hybridized carbons (Fsp3) is 0.375. The lowest BCUT2D eigenvalue weighted by Gasteiger charge is -2.02. The molecular formula is C8H10O2. The minimum atomic E-state index is -0.227. The van der Waals surface area contributed by atoms with Crippen LogP contribution in [-0.4, -0.2) is 12.1 Å². The van der Waals surface area contributed by atoms with Crippen LogP contribution >= 0.6 is 0 Å². The predicted octanol–water partition coefficient (Wildman–Crippen LogP) is 1.43. The van der Waals surface area contributed by atoms with Crippen LogP contribution in [-0.2, 0) is 9.53 Å². The van der Waals surface area contributed by atoms with Gasteiger partial charge < -0.3 is 4.74 Å². The van der Waals surface area contributed by atoms with E-state index in [1.165, 1.54) is 6.08 Å². The molecule has 0 spiro atoms. The highest BCUT2D eigenvalue weighted by Crippen LogP contribution is 2.08. The highest BCUT2D eigenvalue weighted by atomic mass is 16.5. The Kier molecular flexibility index (Phi) is 2.26. The van der Waals surface area contributed by atoms with E-state index < -0.39 is 0 Å². The lowest BCUT2D eigenvalue weighted by molar-refractivity contribution is -0.138. The summed E-state index contributed by atoms with van der Waals surface area (Å²) in [7, 11) is 0. The van der Waals surface area contributed by atoms with Gasteiger partial charge in [0.05, 0.1) is 0 Å². The quantitative estimate of drug-likeness (QED) is 0.426. The van der Waals surface area contributed by atoms with Gasteiger partial charge in [-0.15, -0.1) is 0 Å². The second-order valence-electron chi connectivity index (χ2n) is 2.14. The number of ether oxygens (including phenoxy) is 1. The van der Waals surface area contributed by atoms with Crippen molar-refractivity contribution in [3.8, 4) is 0 Å². The van der Waals surface area contributed by atoms with Crippen LogP contribution in [0.3, 0.4) is 0 Å². The first-order chi connectivity index (χ1) is 4.83. The first-order valence-corrected chi connectivity index (χ1v) is 3.33. The largest absolute Gasteiger partial charge is 0.455 e. The van der Waals surface area contributed by atoms with Gasteiger partial charge in [-0.25, -0.2) is 4.79 Å². The number of carbonyl (C=O) groups is 1. The lowest BCUT2D eigenvalue weighted by atomic mass is 10.2. The van der Waals surface area contributed by atoms with Gasteiger partial charge in [-0.2, -0.15) is 0 Å². The molecule has 0 bridgehead atoms. The Morgan fingerprint density at radius 3 is 3.10 bits per heavy atom. The summed E-state index contributed by atoms with van der Waals surface area (Å²) in [6.45, 7) is 1.94. The van der Waals surface area contributed by atoms with Crippen molar-refractivity contribution in [2.24, 2.45) is 0 Å². The molecule has 0 N–H and O–H groups in total. The Labute approximate surface area is 60.2 Å². The summed E-state index contributed by atoms with van der Waals surface area (Å²) in [4.78, 5) is 10.5. The maximum atomic E-state index is 10.5. The SMILES string of the molecule is C/C=C/CC1C=CC(=O)O1. The molecule has 0 amide bonds. The average molecular weight is 138 g/mol. The van der Waals surface area contributed by atoms with Gasteiger partial charge in [0.1, 0.15) is 6.10 Å². The van der Waals surface area contributed by atoms with Crippen LogP contribution < -0.4 is 0 Å². The molecule has 10 heavy (non-hydrogen) atoms. The van der Waals surface area contributed by atoms with E-state index in [0.29, 0.717) is 0 Å². The van der Waals surface area contributed by atoms with E-state index in [4.69, 9.17) is 4.74 Å². The number of carbonyl (C=O) groups excluding carboxylic acids is 1. The van der Waals surface area contributed by atoms with E-state index >= 15 is 0 Å². The number of esters is 1. The molecule has 0 aromatic rings. The van der Waals surface area contributed by atoms with Crippen LogP contribution in [0.15, 0.2) is 24.3 Å². The molecule has 0 aromatic heterocycles. The fourth-order valence-corrected chi connectivity index (χ4v) is 0.811. The van der Waals surface area contributed by atoms with Gasteiger partial charge in [0, 0.05) is 12.5 Å². The Bertz CT molecular complexity index is 180. The normalized spacial score (nSPS) is 24.1. The van der Waals surface area contributed by atoms with Gasteiger partial charge in [0.2, 0.25) is 0 Å². The first kappa shape index (κ1) is 7.06. The molecule has 0 radical (unpaired) electrons. The Morgan fingerprint density at radius 2 is 2.60 bits per heavy atom. The predicted molar refractivity (Wildman–Crippen MR) is 38.5 cm³/mol. The molecule has 0 saturated heterocycles. The topological polar surface area (TPSA) is 26.3 Å². The number of hydrogen-bond acceptors (Lipinski definition) is 2. The monoisotopic (exact) mass is 138 g/mol. The fourth-order valence-electron chi connectivity index (χ4n) is 0.811. The third-order valence-corrected chi connectivity index (χ3v) is 1.32. The zero-order chi connectivity index (χ0) is 7.40. The zero-order valence-electron chi connectivity index (χ0n) is 5.91. The van der Waals surface area contributed by atoms with Gasteiger partial charge in [-0.3, -0.25) is 0 Å². The van der Waals surface area contributed by atoms with Gasteiger partial charge >= 0.3 is 5.97 Å². The van der Waals surface area contributed by atoms with Crippen LogP contribution in [0.25, 0.3) is 0 Å². The lowest BCUT2D eigenvalue weighted by Crippen LogP contribution is -2.05. The van der Waals surface area contributed by atoms with Crippen molar-refractivity contribution in [3.63, 3.8) is 0 Å². The Hall–Kier alpha value is -1.05. The smallest absolute Gasteiger partial charge is 0.331 e. The van der Waals surface area contributed by atoms with Crippen molar-refractivity contribution >= 4 is 5.97 Å². The minimum Gasteiger partial charge on any atom is -0.455 e. The molecule has 1 aliphatic heterocycles. The third-order valence-electron chi connectivity index (χ3n) is 1.32. The summed E-state index contributed by atoms with van der Waals surface area (Å²) in [5.74, 6) is -0.227. The zero-order valence-corrected chi connectivity index (χ0v) is 5.91. The van der Waals surface area contributed by atoms with Crippen LogP contribution in [0.2, 0.25) is 0 Å². The van der Waals surface area contributed by atoms with E-state index in [1.54, 1.807) is 6.08 Å². The van der Waals surface area contributed by atoms with E-state index in [0.717, 1.165) is 6.42 Å². The van der Waals surface area contributed by atoms with Gasteiger partial charge in [-0.1, -0.05) is 12.2 Å². The standard InChI is InChI=1S/C8H10O2/c1-2-3-4-7-5-6-8(9)10-7/h2-3,5-7H,4H2,1H3/b3-2+. The van der Waals surface area contributed by atoms with E-state index in [-0.39, 0.29) is 12.1 Å². The number of hydrogen-bond donors (Lipinski definition) is 0. The molecule has 0 aromatic carbocycles. The molecule has 2 heteroatoms. The molecule has 2 nitrogen and oxygen atoms in total. The number of rotatable bonds is 2. The van der Waals surface area contributed by atoms with Crippen molar-refractivity contribution in [3.05, 3.63) is 24.3 Å². The molecule has 0 saturated carbocycles. The molecular weight excluding hydrogens is 128 g/mol. The third kappa shape index (κ3) is 1.72.